The Morgan fingerprint density at radius 3 is 2.50 bits per heavy atom. The number of amides is 2. The Hall–Kier alpha value is -4.46. The molecule has 0 fully saturated rings. The second-order valence-electron chi connectivity index (χ2n) is 8.91. The fourth-order valence-corrected chi connectivity index (χ4v) is 4.33. The number of aryl methyl sites for hydroxylation is 1. The van der Waals surface area contributed by atoms with Gasteiger partial charge in [0.2, 0.25) is 5.91 Å². The predicted molar refractivity (Wildman–Crippen MR) is 147 cm³/mol. The van der Waals surface area contributed by atoms with E-state index in [-0.39, 0.29) is 31.0 Å². The van der Waals surface area contributed by atoms with Gasteiger partial charge in [-0.05, 0) is 48.2 Å². The molecule has 0 saturated carbocycles. The van der Waals surface area contributed by atoms with E-state index in [1.54, 1.807) is 38.5 Å². The van der Waals surface area contributed by atoms with Crippen LogP contribution >= 0.6 is 0 Å². The van der Waals surface area contributed by atoms with Crippen LogP contribution in [0.3, 0.4) is 0 Å². The first-order valence-corrected chi connectivity index (χ1v) is 12.6. The average Bonchev–Trinajstić information content (AvgIpc) is 3.36. The molecule has 4 aromatic rings. The van der Waals surface area contributed by atoms with Gasteiger partial charge < -0.3 is 29.8 Å². The summed E-state index contributed by atoms with van der Waals surface area (Å²) in [6.45, 7) is 0.133. The number of carbonyl (C=O) groups excluding carboxylic acids is 2. The molecule has 3 N–H and O–H groups in total. The van der Waals surface area contributed by atoms with Crippen LogP contribution in [-0.4, -0.2) is 50.2 Å². The maximum Gasteiger partial charge on any atom is 0.258 e. The van der Waals surface area contributed by atoms with Gasteiger partial charge in [-0.15, -0.1) is 0 Å². The van der Waals surface area contributed by atoms with Crippen LogP contribution in [0.15, 0.2) is 79.0 Å². The van der Waals surface area contributed by atoms with Crippen molar-refractivity contribution in [1.29, 1.82) is 0 Å². The zero-order valence-corrected chi connectivity index (χ0v) is 21.7. The van der Waals surface area contributed by atoms with Crippen molar-refractivity contribution in [3.05, 3.63) is 90.1 Å². The van der Waals surface area contributed by atoms with Gasteiger partial charge in [0, 0.05) is 36.1 Å². The van der Waals surface area contributed by atoms with E-state index < -0.39 is 0 Å². The Morgan fingerprint density at radius 1 is 0.868 bits per heavy atom. The monoisotopic (exact) mass is 515 g/mol. The molecular weight excluding hydrogens is 482 g/mol. The number of fused-ring (bicyclic) bond motifs is 1. The molecule has 0 aliphatic heterocycles. The molecule has 8 nitrogen and oxygen atoms in total. The van der Waals surface area contributed by atoms with Crippen molar-refractivity contribution < 1.29 is 23.8 Å². The molecule has 3 aromatic carbocycles. The van der Waals surface area contributed by atoms with Crippen molar-refractivity contribution in [3.8, 4) is 17.2 Å². The van der Waals surface area contributed by atoms with Gasteiger partial charge in [-0.1, -0.05) is 42.5 Å². The summed E-state index contributed by atoms with van der Waals surface area (Å²) in [5.41, 5.74) is 3.06. The number of carbonyl (C=O) groups is 2. The maximum absolute atomic E-state index is 12.8. The number of aromatic amines is 1. The molecule has 1 atom stereocenters. The van der Waals surface area contributed by atoms with Gasteiger partial charge in [-0.25, -0.2) is 0 Å². The second kappa shape index (κ2) is 13.2. The second-order valence-corrected chi connectivity index (χ2v) is 8.91. The van der Waals surface area contributed by atoms with E-state index in [1.807, 2.05) is 54.7 Å². The van der Waals surface area contributed by atoms with Gasteiger partial charge in [-0.2, -0.15) is 0 Å². The molecule has 1 aromatic heterocycles. The summed E-state index contributed by atoms with van der Waals surface area (Å²) in [4.78, 5) is 28.8. The highest BCUT2D eigenvalue weighted by Gasteiger charge is 2.17. The molecular formula is C30H33N3O5. The van der Waals surface area contributed by atoms with Gasteiger partial charge in [0.25, 0.3) is 5.91 Å². The predicted octanol–water partition coefficient (Wildman–Crippen LogP) is 4.04. The highest BCUT2D eigenvalue weighted by Crippen LogP contribution is 2.21. The number of para-hydroxylation sites is 2. The Balaban J connectivity index is 1.37. The molecule has 0 aliphatic rings. The molecule has 4 rings (SSSR count). The summed E-state index contributed by atoms with van der Waals surface area (Å²) in [5, 5.41) is 7.09. The third kappa shape index (κ3) is 7.29. The Bertz CT molecular complexity index is 1370. The van der Waals surface area contributed by atoms with Crippen molar-refractivity contribution in [2.24, 2.45) is 0 Å². The van der Waals surface area contributed by atoms with Gasteiger partial charge >= 0.3 is 0 Å². The number of benzene rings is 3. The fourth-order valence-electron chi connectivity index (χ4n) is 4.33. The molecule has 0 aliphatic carbocycles. The lowest BCUT2D eigenvalue weighted by Gasteiger charge is -2.20. The molecule has 38 heavy (non-hydrogen) atoms. The van der Waals surface area contributed by atoms with Crippen molar-refractivity contribution in [3.63, 3.8) is 0 Å². The molecule has 1 heterocycles. The number of nitrogens with one attached hydrogen (secondary N) is 3. The molecule has 0 radical (unpaired) electrons. The van der Waals surface area contributed by atoms with Crippen LogP contribution < -0.4 is 24.8 Å². The fraction of sp³-hybridized carbons (Fsp3) is 0.267. The highest BCUT2D eigenvalue weighted by atomic mass is 16.5. The number of ether oxygens (including phenoxy) is 3. The number of aromatic nitrogens is 1. The largest absolute Gasteiger partial charge is 0.497 e. The minimum absolute atomic E-state index is 0.0956. The molecule has 198 valence electrons. The normalized spacial score (nSPS) is 11.5. The zero-order chi connectivity index (χ0) is 26.7. The standard InChI is InChI=1S/C30H33N3O5/c1-36-24-9-7-10-25(17-24)38-20-30(35)33-23(16-22-18-31-27-12-5-4-11-26(22)27)19-32-29(34)15-14-21-8-3-6-13-28(21)37-2/h3-13,17-18,23,31H,14-16,19-20H2,1-2H3,(H,32,34)(H,33,35)/t23-/m1/s1. The molecule has 2 amide bonds. The van der Waals surface area contributed by atoms with Gasteiger partial charge in [0.05, 0.1) is 20.3 Å². The van der Waals surface area contributed by atoms with E-state index in [0.717, 1.165) is 27.8 Å². The number of hydrogen-bond donors (Lipinski definition) is 3. The number of methoxy groups -OCH3 is 2. The van der Waals surface area contributed by atoms with E-state index in [1.165, 1.54) is 0 Å². The van der Waals surface area contributed by atoms with Crippen molar-refractivity contribution in [2.45, 2.75) is 25.3 Å². The van der Waals surface area contributed by atoms with Crippen LogP contribution in [0.25, 0.3) is 10.9 Å². The van der Waals surface area contributed by atoms with Crippen LogP contribution in [-0.2, 0) is 22.4 Å². The smallest absolute Gasteiger partial charge is 0.258 e. The Morgan fingerprint density at radius 2 is 1.66 bits per heavy atom. The van der Waals surface area contributed by atoms with Gasteiger partial charge in [-0.3, -0.25) is 9.59 Å². The summed E-state index contributed by atoms with van der Waals surface area (Å²) in [6, 6.07) is 22.4. The Labute approximate surface area is 222 Å². The third-order valence-corrected chi connectivity index (χ3v) is 6.28. The topological polar surface area (TPSA) is 102 Å². The number of H-pyrrole nitrogens is 1. The molecule has 8 heteroatoms. The van der Waals surface area contributed by atoms with Crippen LogP contribution in [0.5, 0.6) is 17.2 Å². The van der Waals surface area contributed by atoms with E-state index in [9.17, 15) is 9.59 Å². The van der Waals surface area contributed by atoms with Gasteiger partial charge in [0.1, 0.15) is 17.2 Å². The van der Waals surface area contributed by atoms with Crippen LogP contribution in [0, 0.1) is 0 Å². The van der Waals surface area contributed by atoms with Crippen molar-refractivity contribution in [2.75, 3.05) is 27.4 Å². The lowest BCUT2D eigenvalue weighted by atomic mass is 10.0. The van der Waals surface area contributed by atoms with E-state index in [2.05, 4.69) is 15.6 Å². The Kier molecular flexibility index (Phi) is 9.23. The zero-order valence-electron chi connectivity index (χ0n) is 21.7. The first kappa shape index (κ1) is 26.6. The van der Waals surface area contributed by atoms with Gasteiger partial charge in [0.15, 0.2) is 6.61 Å². The highest BCUT2D eigenvalue weighted by molar-refractivity contribution is 5.83. The maximum atomic E-state index is 12.8. The first-order valence-electron chi connectivity index (χ1n) is 12.6. The number of rotatable bonds is 13. The van der Waals surface area contributed by atoms with Crippen LogP contribution in [0.2, 0.25) is 0 Å². The summed E-state index contributed by atoms with van der Waals surface area (Å²) in [6.07, 6.45) is 3.36. The van der Waals surface area contributed by atoms with E-state index in [0.29, 0.717) is 30.8 Å². The molecule has 0 unspecified atom stereocenters. The third-order valence-electron chi connectivity index (χ3n) is 6.28. The molecule has 0 bridgehead atoms. The summed E-state index contributed by atoms with van der Waals surface area (Å²) in [7, 11) is 3.20. The van der Waals surface area contributed by atoms with Crippen molar-refractivity contribution >= 4 is 22.7 Å². The quantitative estimate of drug-likeness (QED) is 0.250. The average molecular weight is 516 g/mol. The molecule has 0 spiro atoms. The van der Waals surface area contributed by atoms with Crippen molar-refractivity contribution in [1.82, 2.24) is 15.6 Å². The lowest BCUT2D eigenvalue weighted by molar-refractivity contribution is -0.125. The van der Waals surface area contributed by atoms with Crippen LogP contribution in [0.1, 0.15) is 17.5 Å². The van der Waals surface area contributed by atoms with E-state index in [4.69, 9.17) is 14.2 Å². The summed E-state index contributed by atoms with van der Waals surface area (Å²) >= 11 is 0. The van der Waals surface area contributed by atoms with Crippen LogP contribution in [0.4, 0.5) is 0 Å². The van der Waals surface area contributed by atoms with E-state index >= 15 is 0 Å². The SMILES string of the molecule is COc1cccc(OCC(=O)N[C@@H](CNC(=O)CCc2ccccc2OC)Cc2c[nH]c3ccccc23)c1. The summed E-state index contributed by atoms with van der Waals surface area (Å²) in [5.74, 6) is 1.58. The molecule has 0 saturated heterocycles. The lowest BCUT2D eigenvalue weighted by Crippen LogP contribution is -2.46. The minimum atomic E-state index is -0.328. The first-order chi connectivity index (χ1) is 18.6. The minimum Gasteiger partial charge on any atom is -0.497 e. The number of hydrogen-bond acceptors (Lipinski definition) is 5. The summed E-state index contributed by atoms with van der Waals surface area (Å²) < 4.78 is 16.2.